The van der Waals surface area contributed by atoms with E-state index in [9.17, 15) is 28.0 Å². The molecule has 0 radical (unpaired) electrons. The summed E-state index contributed by atoms with van der Waals surface area (Å²) in [6, 6.07) is 0. The summed E-state index contributed by atoms with van der Waals surface area (Å²) in [5, 5.41) is 0. The van der Waals surface area contributed by atoms with Crippen LogP contribution >= 0.6 is 22.6 Å². The van der Waals surface area contributed by atoms with Crippen molar-refractivity contribution >= 4 is 47.0 Å². The van der Waals surface area contributed by atoms with Crippen LogP contribution in [0.25, 0.3) is 0 Å². The van der Waals surface area contributed by atoms with Gasteiger partial charge in [0.25, 0.3) is 6.47 Å². The molecule has 0 aliphatic heterocycles. The van der Waals surface area contributed by atoms with Crippen LogP contribution in [0.1, 0.15) is 20.8 Å². The Morgan fingerprint density at radius 1 is 1.09 bits per heavy atom. The summed E-state index contributed by atoms with van der Waals surface area (Å²) in [6.07, 6.45) is -5.73. The lowest BCUT2D eigenvalue weighted by atomic mass is 10.1. The standard InChI is InChI=1S/C12H15F2IO8/c1-6(17)20-4-9(21-5-16)10(22-7(2)18)11(12(13,14)15)23-8(3)19/h5,9-11H,4H2,1-3H3/t9-,10+,11+/m1/s1. The Bertz CT molecular complexity index is 451. The SMILES string of the molecule is CC(=O)OC[C@@H](OC=O)[C@H](OC(C)=O)[C@H](OC(C)=O)C(F)(F)I. The number of alkyl halides is 3. The van der Waals surface area contributed by atoms with Crippen LogP contribution in [0.4, 0.5) is 8.78 Å². The van der Waals surface area contributed by atoms with Gasteiger partial charge in [-0.3, -0.25) is 19.2 Å². The molecule has 0 aliphatic carbocycles. The summed E-state index contributed by atoms with van der Waals surface area (Å²) in [7, 11) is 0. The highest BCUT2D eigenvalue weighted by Gasteiger charge is 2.50. The Morgan fingerprint density at radius 2 is 1.61 bits per heavy atom. The molecule has 11 heteroatoms. The number of rotatable bonds is 9. The zero-order valence-corrected chi connectivity index (χ0v) is 14.6. The van der Waals surface area contributed by atoms with Gasteiger partial charge in [0, 0.05) is 43.4 Å². The van der Waals surface area contributed by atoms with E-state index in [4.69, 9.17) is 4.74 Å². The molecule has 8 nitrogen and oxygen atoms in total. The van der Waals surface area contributed by atoms with Crippen molar-refractivity contribution in [2.75, 3.05) is 6.61 Å². The molecule has 132 valence electrons. The zero-order valence-electron chi connectivity index (χ0n) is 12.4. The summed E-state index contributed by atoms with van der Waals surface area (Å²) in [5.74, 6) is -2.84. The van der Waals surface area contributed by atoms with E-state index in [1.807, 2.05) is 0 Å². The lowest BCUT2D eigenvalue weighted by Crippen LogP contribution is -2.52. The number of esters is 3. The molecule has 0 saturated carbocycles. The highest BCUT2D eigenvalue weighted by Crippen LogP contribution is 2.34. The van der Waals surface area contributed by atoms with Crippen molar-refractivity contribution in [1.82, 2.24) is 0 Å². The molecule has 0 saturated heterocycles. The molecule has 0 aromatic carbocycles. The van der Waals surface area contributed by atoms with Crippen molar-refractivity contribution in [2.24, 2.45) is 0 Å². The lowest BCUT2D eigenvalue weighted by molar-refractivity contribution is -0.200. The van der Waals surface area contributed by atoms with Crippen molar-refractivity contribution in [1.29, 1.82) is 0 Å². The minimum Gasteiger partial charge on any atom is -0.462 e. The summed E-state index contributed by atoms with van der Waals surface area (Å²) >= 11 is 0.684. The smallest absolute Gasteiger partial charge is 0.336 e. The van der Waals surface area contributed by atoms with E-state index in [0.717, 1.165) is 20.8 Å². The maximum absolute atomic E-state index is 13.7. The van der Waals surface area contributed by atoms with Crippen LogP contribution in [-0.4, -0.2) is 53.2 Å². The maximum atomic E-state index is 13.7. The largest absolute Gasteiger partial charge is 0.462 e. The molecule has 0 unspecified atom stereocenters. The number of carbonyl (C=O) groups excluding carboxylic acids is 4. The predicted molar refractivity (Wildman–Crippen MR) is 77.6 cm³/mol. The lowest BCUT2D eigenvalue weighted by Gasteiger charge is -2.32. The van der Waals surface area contributed by atoms with Gasteiger partial charge in [-0.25, -0.2) is 0 Å². The molecule has 0 spiro atoms. The Kier molecular flexibility index (Phi) is 8.94. The normalized spacial score (nSPS) is 14.9. The fraction of sp³-hybridized carbons (Fsp3) is 0.667. The monoisotopic (exact) mass is 452 g/mol. The van der Waals surface area contributed by atoms with Gasteiger partial charge < -0.3 is 18.9 Å². The van der Waals surface area contributed by atoms with E-state index in [0.29, 0.717) is 22.6 Å². The second kappa shape index (κ2) is 9.57. The topological polar surface area (TPSA) is 105 Å². The van der Waals surface area contributed by atoms with E-state index in [-0.39, 0.29) is 6.47 Å². The third-order valence-corrected chi connectivity index (χ3v) is 2.88. The molecule has 0 amide bonds. The Morgan fingerprint density at radius 3 is 1.96 bits per heavy atom. The first kappa shape index (κ1) is 21.5. The van der Waals surface area contributed by atoms with Crippen LogP contribution in [0.5, 0.6) is 0 Å². The quantitative estimate of drug-likeness (QED) is 0.168. The van der Waals surface area contributed by atoms with Crippen LogP contribution < -0.4 is 0 Å². The number of hydrogen-bond acceptors (Lipinski definition) is 8. The van der Waals surface area contributed by atoms with Crippen LogP contribution in [0, 0.1) is 0 Å². The summed E-state index contributed by atoms with van der Waals surface area (Å²) < 4.78 is 42.1. The molecule has 0 aliphatic rings. The van der Waals surface area contributed by atoms with E-state index in [1.165, 1.54) is 0 Å². The molecule has 23 heavy (non-hydrogen) atoms. The zero-order chi connectivity index (χ0) is 18.2. The number of ether oxygens (including phenoxy) is 4. The number of carbonyl (C=O) groups is 4. The molecule has 0 aromatic heterocycles. The fourth-order valence-electron chi connectivity index (χ4n) is 1.51. The minimum atomic E-state index is -3.66. The van der Waals surface area contributed by atoms with Crippen LogP contribution in [0.3, 0.4) is 0 Å². The third kappa shape index (κ3) is 8.62. The van der Waals surface area contributed by atoms with Crippen molar-refractivity contribution in [3.05, 3.63) is 0 Å². The van der Waals surface area contributed by atoms with Gasteiger partial charge in [0.15, 0.2) is 12.2 Å². The van der Waals surface area contributed by atoms with Crippen LogP contribution in [-0.2, 0) is 38.1 Å². The summed E-state index contributed by atoms with van der Waals surface area (Å²) in [6.45, 7) is 2.07. The molecule has 0 fully saturated rings. The van der Waals surface area contributed by atoms with Crippen molar-refractivity contribution in [2.45, 2.75) is 43.0 Å². The van der Waals surface area contributed by atoms with Crippen molar-refractivity contribution in [3.63, 3.8) is 0 Å². The van der Waals surface area contributed by atoms with E-state index in [2.05, 4.69) is 14.2 Å². The maximum Gasteiger partial charge on any atom is 0.336 e. The number of halogens is 3. The van der Waals surface area contributed by atoms with E-state index in [1.54, 1.807) is 0 Å². The molecule has 0 N–H and O–H groups in total. The van der Waals surface area contributed by atoms with Crippen LogP contribution in [0.15, 0.2) is 0 Å². The fourth-order valence-corrected chi connectivity index (χ4v) is 1.99. The molecule has 0 aromatic rings. The molecule has 0 heterocycles. The van der Waals surface area contributed by atoms with E-state index >= 15 is 0 Å². The number of hydrogen-bond donors (Lipinski definition) is 0. The summed E-state index contributed by atoms with van der Waals surface area (Å²) in [4.78, 5) is 43.6. The third-order valence-electron chi connectivity index (χ3n) is 2.26. The molecular formula is C12H15F2IO8. The van der Waals surface area contributed by atoms with Gasteiger partial charge in [-0.05, 0) is 0 Å². The van der Waals surface area contributed by atoms with Gasteiger partial charge in [-0.15, -0.1) is 0 Å². The van der Waals surface area contributed by atoms with Crippen molar-refractivity contribution < 1.29 is 46.9 Å². The first-order valence-corrected chi connectivity index (χ1v) is 7.20. The minimum absolute atomic E-state index is 0.0964. The molecular weight excluding hydrogens is 437 g/mol. The second-order valence-electron chi connectivity index (χ2n) is 4.22. The van der Waals surface area contributed by atoms with Gasteiger partial charge in [0.1, 0.15) is 6.61 Å². The first-order chi connectivity index (χ1) is 10.5. The molecule has 0 rings (SSSR count). The van der Waals surface area contributed by atoms with Gasteiger partial charge >= 0.3 is 21.8 Å². The molecule has 0 bridgehead atoms. The second-order valence-corrected chi connectivity index (χ2v) is 5.66. The Hall–Kier alpha value is -1.53. The predicted octanol–water partition coefficient (Wildman–Crippen LogP) is 0.982. The average molecular weight is 452 g/mol. The molecule has 3 atom stereocenters. The Labute approximate surface area is 143 Å². The Balaban J connectivity index is 5.60. The highest BCUT2D eigenvalue weighted by molar-refractivity contribution is 14.1. The average Bonchev–Trinajstić information content (AvgIpc) is 2.36. The highest BCUT2D eigenvalue weighted by atomic mass is 127. The van der Waals surface area contributed by atoms with Crippen molar-refractivity contribution in [3.8, 4) is 0 Å². The van der Waals surface area contributed by atoms with Gasteiger partial charge in [0.2, 0.25) is 6.10 Å². The summed E-state index contributed by atoms with van der Waals surface area (Å²) in [5.41, 5.74) is 0. The van der Waals surface area contributed by atoms with Crippen LogP contribution in [0.2, 0.25) is 0 Å². The van der Waals surface area contributed by atoms with Gasteiger partial charge in [-0.2, -0.15) is 8.78 Å². The first-order valence-electron chi connectivity index (χ1n) is 6.12. The van der Waals surface area contributed by atoms with Gasteiger partial charge in [-0.1, -0.05) is 0 Å². The van der Waals surface area contributed by atoms with Gasteiger partial charge in [0.05, 0.1) is 0 Å². The van der Waals surface area contributed by atoms with E-state index < -0.39 is 46.8 Å².